The molecule has 88 valence electrons. The van der Waals surface area contributed by atoms with Gasteiger partial charge in [0.1, 0.15) is 4.90 Å². The highest BCUT2D eigenvalue weighted by molar-refractivity contribution is 7.89. The van der Waals surface area contributed by atoms with E-state index in [9.17, 15) is 8.42 Å². The minimum atomic E-state index is -3.31. The van der Waals surface area contributed by atoms with Crippen LogP contribution >= 0.6 is 0 Å². The summed E-state index contributed by atoms with van der Waals surface area (Å²) in [6.45, 7) is 3.76. The monoisotopic (exact) mass is 240 g/mol. The first-order valence-electron chi connectivity index (χ1n) is 5.49. The van der Waals surface area contributed by atoms with Crippen LogP contribution in [0.2, 0.25) is 0 Å². The maximum Gasteiger partial charge on any atom is 0.245 e. The summed E-state index contributed by atoms with van der Waals surface area (Å²) in [4.78, 5) is 0.390. The Hall–Kier alpha value is -1.07. The van der Waals surface area contributed by atoms with Gasteiger partial charge in [-0.1, -0.05) is 19.1 Å². The molecule has 0 spiro atoms. The number of nitrogens with zero attached hydrogens (tertiary/aromatic N) is 1. The Labute approximate surface area is 96.3 Å². The third kappa shape index (κ3) is 1.92. The van der Waals surface area contributed by atoms with Crippen LogP contribution < -0.4 is 5.32 Å². The third-order valence-electron chi connectivity index (χ3n) is 2.65. The number of benzene rings is 1. The first-order valence-corrected chi connectivity index (χ1v) is 6.93. The quantitative estimate of drug-likeness (QED) is 0.852. The molecule has 1 aliphatic heterocycles. The van der Waals surface area contributed by atoms with Crippen LogP contribution in [0.5, 0.6) is 0 Å². The van der Waals surface area contributed by atoms with Crippen molar-refractivity contribution in [2.24, 2.45) is 0 Å². The van der Waals surface area contributed by atoms with Crippen LogP contribution in [0.3, 0.4) is 0 Å². The predicted octanol–water partition coefficient (Wildman–Crippen LogP) is 1.51. The van der Waals surface area contributed by atoms with E-state index in [-0.39, 0.29) is 0 Å². The van der Waals surface area contributed by atoms with Crippen molar-refractivity contribution in [3.63, 3.8) is 0 Å². The molecule has 0 bridgehead atoms. The Kier molecular flexibility index (Phi) is 3.16. The zero-order valence-corrected chi connectivity index (χ0v) is 10.1. The molecule has 1 heterocycles. The standard InChI is InChI=1S/C11H16N2O2S/c1-2-8-13-9-7-12-10-5-3-4-6-11(10)16(13,14)15/h3-6,12H,2,7-9H2,1H3. The van der Waals surface area contributed by atoms with E-state index in [0.717, 1.165) is 6.42 Å². The Morgan fingerprint density at radius 3 is 2.88 bits per heavy atom. The van der Waals surface area contributed by atoms with E-state index in [1.165, 1.54) is 0 Å². The summed E-state index contributed by atoms with van der Waals surface area (Å²) in [6.07, 6.45) is 0.835. The molecule has 0 radical (unpaired) electrons. The molecule has 0 aromatic heterocycles. The summed E-state index contributed by atoms with van der Waals surface area (Å²) in [7, 11) is -3.31. The summed E-state index contributed by atoms with van der Waals surface area (Å²) in [5, 5.41) is 3.15. The maximum absolute atomic E-state index is 12.3. The molecule has 5 heteroatoms. The fourth-order valence-corrected chi connectivity index (χ4v) is 3.59. The van der Waals surface area contributed by atoms with Crippen LogP contribution in [-0.4, -0.2) is 32.4 Å². The second-order valence-electron chi connectivity index (χ2n) is 3.83. The molecule has 1 aromatic rings. The molecule has 16 heavy (non-hydrogen) atoms. The summed E-state index contributed by atoms with van der Waals surface area (Å²) in [6, 6.07) is 7.07. The molecule has 0 amide bonds. The van der Waals surface area contributed by atoms with Gasteiger partial charge in [-0.3, -0.25) is 0 Å². The number of para-hydroxylation sites is 1. The van der Waals surface area contributed by atoms with Crippen molar-refractivity contribution in [1.82, 2.24) is 4.31 Å². The van der Waals surface area contributed by atoms with E-state index in [0.29, 0.717) is 30.2 Å². The second-order valence-corrected chi connectivity index (χ2v) is 5.73. The van der Waals surface area contributed by atoms with Gasteiger partial charge in [-0.25, -0.2) is 8.42 Å². The Morgan fingerprint density at radius 1 is 1.38 bits per heavy atom. The van der Waals surface area contributed by atoms with E-state index in [2.05, 4.69) is 5.32 Å². The molecule has 0 saturated heterocycles. The lowest BCUT2D eigenvalue weighted by Gasteiger charge is -2.18. The van der Waals surface area contributed by atoms with E-state index in [4.69, 9.17) is 0 Å². The molecule has 0 unspecified atom stereocenters. The average molecular weight is 240 g/mol. The molecule has 0 atom stereocenters. The SMILES string of the molecule is CCCN1CCNc2ccccc2S1(=O)=O. The van der Waals surface area contributed by atoms with Crippen LogP contribution in [0.15, 0.2) is 29.2 Å². The highest BCUT2D eigenvalue weighted by Crippen LogP contribution is 2.26. The van der Waals surface area contributed by atoms with Crippen LogP contribution in [0.25, 0.3) is 0 Å². The van der Waals surface area contributed by atoms with Crippen LogP contribution in [0, 0.1) is 0 Å². The second kappa shape index (κ2) is 4.43. The topological polar surface area (TPSA) is 49.4 Å². The number of sulfonamides is 1. The largest absolute Gasteiger partial charge is 0.383 e. The van der Waals surface area contributed by atoms with E-state index < -0.39 is 10.0 Å². The van der Waals surface area contributed by atoms with Crippen LogP contribution in [0.1, 0.15) is 13.3 Å². The van der Waals surface area contributed by atoms with E-state index in [1.54, 1.807) is 16.4 Å². The lowest BCUT2D eigenvalue weighted by molar-refractivity contribution is 0.425. The Balaban J connectivity index is 2.48. The molecule has 1 aliphatic rings. The molecule has 1 N–H and O–H groups in total. The van der Waals surface area contributed by atoms with Crippen molar-refractivity contribution in [3.8, 4) is 0 Å². The van der Waals surface area contributed by atoms with E-state index in [1.807, 2.05) is 19.1 Å². The minimum absolute atomic E-state index is 0.390. The maximum atomic E-state index is 12.3. The van der Waals surface area contributed by atoms with Crippen molar-refractivity contribution in [3.05, 3.63) is 24.3 Å². The van der Waals surface area contributed by atoms with Gasteiger partial charge in [-0.15, -0.1) is 0 Å². The Bertz CT molecular complexity index is 471. The van der Waals surface area contributed by atoms with Gasteiger partial charge in [0.15, 0.2) is 0 Å². The van der Waals surface area contributed by atoms with Gasteiger partial charge in [0.2, 0.25) is 10.0 Å². The molecule has 2 rings (SSSR count). The summed E-state index contributed by atoms with van der Waals surface area (Å²) in [5.41, 5.74) is 0.709. The zero-order chi connectivity index (χ0) is 11.6. The molecular formula is C11H16N2O2S. The molecule has 1 aromatic carbocycles. The van der Waals surface area contributed by atoms with Gasteiger partial charge < -0.3 is 5.32 Å². The summed E-state index contributed by atoms with van der Waals surface area (Å²) >= 11 is 0. The minimum Gasteiger partial charge on any atom is -0.383 e. The van der Waals surface area contributed by atoms with Crippen molar-refractivity contribution < 1.29 is 8.42 Å². The third-order valence-corrected chi connectivity index (χ3v) is 4.61. The predicted molar refractivity (Wildman–Crippen MR) is 64.0 cm³/mol. The highest BCUT2D eigenvalue weighted by atomic mass is 32.2. The first kappa shape index (κ1) is 11.4. The molecule has 0 aliphatic carbocycles. The van der Waals surface area contributed by atoms with Crippen molar-refractivity contribution in [1.29, 1.82) is 0 Å². The number of fused-ring (bicyclic) bond motifs is 1. The van der Waals surface area contributed by atoms with Gasteiger partial charge >= 0.3 is 0 Å². The van der Waals surface area contributed by atoms with E-state index >= 15 is 0 Å². The summed E-state index contributed by atoms with van der Waals surface area (Å²) < 4.78 is 26.1. The first-order chi connectivity index (χ1) is 7.66. The summed E-state index contributed by atoms with van der Waals surface area (Å²) in [5.74, 6) is 0. The average Bonchev–Trinajstić information content (AvgIpc) is 2.39. The van der Waals surface area contributed by atoms with Gasteiger partial charge in [0, 0.05) is 19.6 Å². The normalized spacial score (nSPS) is 19.6. The molecular weight excluding hydrogens is 224 g/mol. The van der Waals surface area contributed by atoms with Crippen LogP contribution in [0.4, 0.5) is 5.69 Å². The number of rotatable bonds is 2. The number of nitrogens with one attached hydrogen (secondary N) is 1. The number of hydrogen-bond donors (Lipinski definition) is 1. The molecule has 4 nitrogen and oxygen atoms in total. The van der Waals surface area contributed by atoms with Crippen molar-refractivity contribution in [2.75, 3.05) is 25.0 Å². The fourth-order valence-electron chi connectivity index (χ4n) is 1.89. The van der Waals surface area contributed by atoms with Crippen molar-refractivity contribution in [2.45, 2.75) is 18.2 Å². The lowest BCUT2D eigenvalue weighted by Crippen LogP contribution is -2.33. The number of hydrogen-bond acceptors (Lipinski definition) is 3. The Morgan fingerprint density at radius 2 is 2.12 bits per heavy atom. The smallest absolute Gasteiger partial charge is 0.245 e. The lowest BCUT2D eigenvalue weighted by atomic mass is 10.3. The van der Waals surface area contributed by atoms with Gasteiger partial charge in [-0.05, 0) is 18.6 Å². The fraction of sp³-hybridized carbons (Fsp3) is 0.455. The molecule has 0 saturated carbocycles. The van der Waals surface area contributed by atoms with Gasteiger partial charge in [0.25, 0.3) is 0 Å². The highest BCUT2D eigenvalue weighted by Gasteiger charge is 2.28. The van der Waals surface area contributed by atoms with Crippen LogP contribution in [-0.2, 0) is 10.0 Å². The molecule has 0 fully saturated rings. The van der Waals surface area contributed by atoms with Gasteiger partial charge in [0.05, 0.1) is 5.69 Å². The van der Waals surface area contributed by atoms with Crippen molar-refractivity contribution >= 4 is 15.7 Å². The van der Waals surface area contributed by atoms with Gasteiger partial charge in [-0.2, -0.15) is 4.31 Å². The zero-order valence-electron chi connectivity index (χ0n) is 9.31. The number of anilines is 1.